The van der Waals surface area contributed by atoms with E-state index in [1.807, 2.05) is 31.1 Å². The average molecular weight is 456 g/mol. The molecule has 0 radical (unpaired) electrons. The molecule has 3 aliphatic rings. The molecule has 3 fully saturated rings. The molecule has 0 bridgehead atoms. The summed E-state index contributed by atoms with van der Waals surface area (Å²) in [5, 5.41) is 4.08. The zero-order valence-corrected chi connectivity index (χ0v) is 19.9. The first kappa shape index (κ1) is 21.4. The topological polar surface area (TPSA) is 77.5 Å². The second kappa shape index (κ2) is 9.21. The van der Waals surface area contributed by atoms with Crippen LogP contribution in [0.25, 0.3) is 0 Å². The molecule has 0 unspecified atom stereocenters. The molecule has 1 amide bonds. The smallest absolute Gasteiger partial charge is 0.253 e. The highest BCUT2D eigenvalue weighted by molar-refractivity contribution is 7.09. The van der Waals surface area contributed by atoms with E-state index in [1.165, 1.54) is 37.2 Å². The van der Waals surface area contributed by atoms with E-state index in [-0.39, 0.29) is 5.91 Å². The Morgan fingerprint density at radius 3 is 2.19 bits per heavy atom. The highest BCUT2D eigenvalue weighted by Gasteiger charge is 2.31. The molecule has 2 aromatic heterocycles. The van der Waals surface area contributed by atoms with Crippen LogP contribution in [-0.2, 0) is 0 Å². The number of aromatic nitrogens is 3. The zero-order chi connectivity index (χ0) is 22.1. The molecule has 0 atom stereocenters. The van der Waals surface area contributed by atoms with E-state index in [2.05, 4.69) is 29.5 Å². The zero-order valence-electron chi connectivity index (χ0n) is 19.0. The largest absolute Gasteiger partial charge is 0.357 e. The van der Waals surface area contributed by atoms with Gasteiger partial charge in [0.05, 0.1) is 5.56 Å². The van der Waals surface area contributed by atoms with E-state index in [0.29, 0.717) is 11.6 Å². The number of nitrogens with one attached hydrogen (secondary N) is 1. The summed E-state index contributed by atoms with van der Waals surface area (Å²) < 4.78 is 4.45. The summed E-state index contributed by atoms with van der Waals surface area (Å²) in [4.78, 5) is 28.2. The normalized spacial score (nSPS) is 20.4. The number of amides is 1. The van der Waals surface area contributed by atoms with Crippen molar-refractivity contribution < 1.29 is 4.79 Å². The summed E-state index contributed by atoms with van der Waals surface area (Å²) in [6, 6.07) is 4.30. The molecule has 5 rings (SSSR count). The van der Waals surface area contributed by atoms with Crippen LogP contribution in [0.4, 0.5) is 16.9 Å². The Morgan fingerprint density at radius 1 is 1.00 bits per heavy atom. The summed E-state index contributed by atoms with van der Waals surface area (Å²) in [5.41, 5.74) is 0.662. The van der Waals surface area contributed by atoms with Gasteiger partial charge in [0.25, 0.3) is 5.91 Å². The summed E-state index contributed by atoms with van der Waals surface area (Å²) in [7, 11) is 3.97. The number of rotatable bonds is 6. The summed E-state index contributed by atoms with van der Waals surface area (Å²) in [6.07, 6.45) is 8.86. The Morgan fingerprint density at radius 2 is 1.66 bits per heavy atom. The molecule has 8 nitrogen and oxygen atoms in total. The molecule has 172 valence electrons. The number of anilines is 3. The van der Waals surface area contributed by atoms with E-state index in [9.17, 15) is 4.79 Å². The molecule has 0 aromatic carbocycles. The van der Waals surface area contributed by atoms with Crippen LogP contribution in [0, 0.1) is 11.8 Å². The first-order valence-corrected chi connectivity index (χ1v) is 12.6. The number of carbonyl (C=O) groups excluding carboxylic acids is 1. The van der Waals surface area contributed by atoms with Crippen LogP contribution in [0.15, 0.2) is 18.3 Å². The Bertz CT molecular complexity index is 911. The fourth-order valence-corrected chi connectivity index (χ4v) is 5.67. The van der Waals surface area contributed by atoms with Crippen LogP contribution in [0.2, 0.25) is 0 Å². The molecule has 2 aliphatic heterocycles. The fourth-order valence-electron chi connectivity index (χ4n) is 4.88. The number of piperidine rings is 2. The van der Waals surface area contributed by atoms with Crippen LogP contribution in [-0.4, -0.2) is 66.6 Å². The first-order chi connectivity index (χ1) is 15.6. The van der Waals surface area contributed by atoms with Gasteiger partial charge in [-0.25, -0.2) is 4.98 Å². The van der Waals surface area contributed by atoms with Gasteiger partial charge in [-0.05, 0) is 62.5 Å². The minimum Gasteiger partial charge on any atom is -0.357 e. The van der Waals surface area contributed by atoms with Gasteiger partial charge in [0, 0.05) is 64.0 Å². The number of hydrogen-bond donors (Lipinski definition) is 1. The van der Waals surface area contributed by atoms with Crippen LogP contribution < -0.4 is 20.0 Å². The Balaban J connectivity index is 1.09. The second-order valence-corrected chi connectivity index (χ2v) is 10.3. The fraction of sp³-hybridized carbons (Fsp3) is 0.652. The lowest BCUT2D eigenvalue weighted by atomic mass is 9.79. The average Bonchev–Trinajstić information content (AvgIpc) is 3.50. The van der Waals surface area contributed by atoms with Crippen LogP contribution >= 0.6 is 11.5 Å². The predicted octanol–water partition coefficient (Wildman–Crippen LogP) is 3.02. The molecule has 2 aromatic rings. The molecule has 32 heavy (non-hydrogen) atoms. The Hall–Kier alpha value is -2.42. The minimum atomic E-state index is 0.00284. The van der Waals surface area contributed by atoms with Crippen molar-refractivity contribution in [3.63, 3.8) is 0 Å². The second-order valence-electron chi connectivity index (χ2n) is 9.57. The quantitative estimate of drug-likeness (QED) is 0.717. The van der Waals surface area contributed by atoms with E-state index in [4.69, 9.17) is 0 Å². The Kier molecular flexibility index (Phi) is 6.17. The van der Waals surface area contributed by atoms with Crippen molar-refractivity contribution in [2.45, 2.75) is 44.6 Å². The highest BCUT2D eigenvalue weighted by Crippen LogP contribution is 2.35. The lowest BCUT2D eigenvalue weighted by molar-refractivity contribution is 0.0950. The van der Waals surface area contributed by atoms with Gasteiger partial charge in [-0.15, -0.1) is 0 Å². The summed E-state index contributed by atoms with van der Waals surface area (Å²) in [6.45, 7) is 4.26. The Labute approximate surface area is 194 Å². The molecule has 0 spiro atoms. The number of nitrogens with zero attached hydrogens (tertiary/aromatic N) is 6. The van der Waals surface area contributed by atoms with E-state index in [0.717, 1.165) is 67.8 Å². The third kappa shape index (κ3) is 4.82. The molecule has 2 saturated heterocycles. The van der Waals surface area contributed by atoms with Gasteiger partial charge < -0.3 is 20.0 Å². The van der Waals surface area contributed by atoms with Crippen molar-refractivity contribution in [1.29, 1.82) is 0 Å². The molecule has 1 saturated carbocycles. The monoisotopic (exact) mass is 455 g/mol. The van der Waals surface area contributed by atoms with Gasteiger partial charge in [0.15, 0.2) is 0 Å². The van der Waals surface area contributed by atoms with Crippen LogP contribution in [0.5, 0.6) is 0 Å². The van der Waals surface area contributed by atoms with Gasteiger partial charge >= 0.3 is 0 Å². The lowest BCUT2D eigenvalue weighted by Gasteiger charge is -2.40. The predicted molar refractivity (Wildman–Crippen MR) is 129 cm³/mol. The maximum absolute atomic E-state index is 12.2. The van der Waals surface area contributed by atoms with Crippen molar-refractivity contribution >= 4 is 34.3 Å². The van der Waals surface area contributed by atoms with Crippen molar-refractivity contribution in [1.82, 2.24) is 19.7 Å². The van der Waals surface area contributed by atoms with Gasteiger partial charge in [-0.3, -0.25) is 4.79 Å². The van der Waals surface area contributed by atoms with Crippen molar-refractivity contribution in [3.05, 3.63) is 23.9 Å². The van der Waals surface area contributed by atoms with Gasteiger partial charge in [-0.1, -0.05) is 0 Å². The van der Waals surface area contributed by atoms with Crippen LogP contribution in [0.3, 0.4) is 0 Å². The van der Waals surface area contributed by atoms with Gasteiger partial charge in [0.1, 0.15) is 5.82 Å². The summed E-state index contributed by atoms with van der Waals surface area (Å²) in [5.74, 6) is 3.40. The van der Waals surface area contributed by atoms with Crippen molar-refractivity contribution in [2.75, 3.05) is 55.0 Å². The molecule has 9 heteroatoms. The molecular formula is C23H33N7OS. The molecule has 1 N–H and O–H groups in total. The SMILES string of the molecule is CN(C)c1nsc(N2CCC(C3CCN(c4ccc(C(=O)NC5CC5)cn4)CC3)CC2)n1. The number of pyridine rings is 1. The van der Waals surface area contributed by atoms with Gasteiger partial charge in [-0.2, -0.15) is 9.36 Å². The maximum atomic E-state index is 12.2. The van der Waals surface area contributed by atoms with Crippen molar-refractivity contribution in [2.24, 2.45) is 11.8 Å². The molecule has 1 aliphatic carbocycles. The maximum Gasteiger partial charge on any atom is 0.253 e. The third-order valence-electron chi connectivity index (χ3n) is 7.07. The molecule has 4 heterocycles. The standard InChI is InChI=1S/C23H33N7OS/c1-28(2)22-26-23(32-27-22)30-13-9-17(10-14-30)16-7-11-29(12-8-16)20-6-3-18(15-24-20)21(31)25-19-4-5-19/h3,6,15-17,19H,4-5,7-14H2,1-2H3,(H,25,31). The van der Waals surface area contributed by atoms with E-state index < -0.39 is 0 Å². The lowest BCUT2D eigenvalue weighted by Crippen LogP contribution is -2.41. The summed E-state index contributed by atoms with van der Waals surface area (Å²) >= 11 is 1.51. The molecular weight excluding hydrogens is 422 g/mol. The van der Waals surface area contributed by atoms with E-state index >= 15 is 0 Å². The highest BCUT2D eigenvalue weighted by atomic mass is 32.1. The number of hydrogen-bond acceptors (Lipinski definition) is 8. The third-order valence-corrected chi connectivity index (χ3v) is 7.83. The number of carbonyl (C=O) groups is 1. The van der Waals surface area contributed by atoms with E-state index in [1.54, 1.807) is 6.20 Å². The van der Waals surface area contributed by atoms with Crippen LogP contribution in [0.1, 0.15) is 48.9 Å². The van der Waals surface area contributed by atoms with Crippen molar-refractivity contribution in [3.8, 4) is 0 Å². The van der Waals surface area contributed by atoms with Gasteiger partial charge in [0.2, 0.25) is 11.1 Å². The first-order valence-electron chi connectivity index (χ1n) is 11.8. The minimum absolute atomic E-state index is 0.00284.